The van der Waals surface area contributed by atoms with E-state index in [0.717, 1.165) is 5.56 Å². The Morgan fingerprint density at radius 2 is 1.56 bits per heavy atom. The predicted molar refractivity (Wildman–Crippen MR) is 108 cm³/mol. The van der Waals surface area contributed by atoms with Crippen molar-refractivity contribution in [2.24, 2.45) is 0 Å². The molecule has 0 aliphatic heterocycles. The Morgan fingerprint density at radius 1 is 1.08 bits per heavy atom. The summed E-state index contributed by atoms with van der Waals surface area (Å²) in [5.41, 5.74) is 0.802. The number of carbonyl (C=O) groups is 1. The normalized spacial score (nSPS) is 14.3. The molecule has 1 N–H and O–H groups in total. The molecule has 0 bridgehead atoms. The average molecular weight is 534 g/mol. The summed E-state index contributed by atoms with van der Waals surface area (Å²) >= 11 is 47.6. The van der Waals surface area contributed by atoms with Gasteiger partial charge >= 0.3 is 0 Å². The molecule has 2 unspecified atom stereocenters. The summed E-state index contributed by atoms with van der Waals surface area (Å²) in [6.45, 7) is 0.209. The van der Waals surface area contributed by atoms with E-state index in [0.29, 0.717) is 5.02 Å². The number of aliphatic hydroxyl groups excluding tert-OH is 1. The highest BCUT2D eigenvalue weighted by atomic mass is 35.6. The summed E-state index contributed by atoms with van der Waals surface area (Å²) < 4.78 is 0.766. The Hall–Kier alpha value is 1.42. The highest BCUT2D eigenvalue weighted by Crippen LogP contribution is 2.39. The number of ketones is 1. The number of Topliss-reactive ketones (excluding diaryl/α,β-unsaturated/α-hetero) is 1. The third-order valence-corrected chi connectivity index (χ3v) is 4.60. The number of halogens is 9. The fourth-order valence-electron chi connectivity index (χ4n) is 1.13. The number of rotatable bonds is 5. The Morgan fingerprint density at radius 3 is 1.92 bits per heavy atom. The van der Waals surface area contributed by atoms with Crippen LogP contribution in [-0.4, -0.2) is 36.0 Å². The van der Waals surface area contributed by atoms with Crippen molar-refractivity contribution in [1.29, 1.82) is 0 Å². The van der Waals surface area contributed by atoms with Gasteiger partial charge < -0.3 is 9.84 Å². The maximum Gasteiger partial charge on any atom is 0.253 e. The fourth-order valence-corrected chi connectivity index (χ4v) is 2.83. The lowest BCUT2D eigenvalue weighted by Gasteiger charge is -2.15. The van der Waals surface area contributed by atoms with Crippen molar-refractivity contribution in [3.8, 4) is 0 Å². The van der Waals surface area contributed by atoms with E-state index in [-0.39, 0.29) is 12.5 Å². The largest absolute Gasteiger partial charge is 0.367 e. The zero-order chi connectivity index (χ0) is 19.8. The Balaban J connectivity index is 0.000000504. The molecule has 0 radical (unpaired) electrons. The van der Waals surface area contributed by atoms with Crippen LogP contribution in [0.3, 0.4) is 0 Å². The number of ether oxygens (including phenoxy) is 1. The standard InChI is InChI=1S/C10H11Cl3O2.C3Cl6O/c11-5-9(13)10(14)15-6-7-3-1-2-4-8(7)12;4-2(5,6)1(10)3(7,8)9/h1-4,9-10,14H,5-6H2;. The van der Waals surface area contributed by atoms with E-state index >= 15 is 0 Å². The minimum Gasteiger partial charge on any atom is -0.367 e. The molecule has 0 aliphatic carbocycles. The van der Waals surface area contributed by atoms with Crippen LogP contribution in [0.15, 0.2) is 24.3 Å². The molecule has 1 aromatic carbocycles. The van der Waals surface area contributed by atoms with Crippen molar-refractivity contribution in [3.05, 3.63) is 34.9 Å². The van der Waals surface area contributed by atoms with Crippen molar-refractivity contribution in [1.82, 2.24) is 0 Å². The number of benzene rings is 1. The predicted octanol–water partition coefficient (Wildman–Crippen LogP) is 6.32. The molecule has 0 fully saturated rings. The van der Waals surface area contributed by atoms with E-state index in [4.69, 9.17) is 109 Å². The molecule has 144 valence electrons. The van der Waals surface area contributed by atoms with Crippen molar-refractivity contribution in [2.45, 2.75) is 25.9 Å². The van der Waals surface area contributed by atoms with E-state index in [1.54, 1.807) is 6.07 Å². The van der Waals surface area contributed by atoms with Crippen molar-refractivity contribution < 1.29 is 14.6 Å². The molecule has 12 heteroatoms. The molecule has 2 atom stereocenters. The van der Waals surface area contributed by atoms with Gasteiger partial charge in [-0.15, -0.1) is 23.2 Å². The van der Waals surface area contributed by atoms with Gasteiger partial charge in [0.15, 0.2) is 6.29 Å². The zero-order valence-electron chi connectivity index (χ0n) is 12.0. The van der Waals surface area contributed by atoms with Crippen LogP contribution in [-0.2, 0) is 16.1 Å². The lowest BCUT2D eigenvalue weighted by molar-refractivity contribution is -0.117. The molecular formula is C13H11Cl9O3. The van der Waals surface area contributed by atoms with Gasteiger partial charge in [-0.1, -0.05) is 99.4 Å². The van der Waals surface area contributed by atoms with Crippen LogP contribution in [0.5, 0.6) is 0 Å². The highest BCUT2D eigenvalue weighted by Gasteiger charge is 2.44. The average Bonchev–Trinajstić information content (AvgIpc) is 2.51. The van der Waals surface area contributed by atoms with Crippen LogP contribution in [0.4, 0.5) is 0 Å². The molecule has 0 heterocycles. The first-order valence-corrected chi connectivity index (χ1v) is 9.83. The number of carbonyl (C=O) groups excluding carboxylic acids is 1. The first-order valence-electron chi connectivity index (χ1n) is 6.22. The van der Waals surface area contributed by atoms with E-state index in [9.17, 15) is 9.90 Å². The number of hydrogen-bond donors (Lipinski definition) is 1. The number of aliphatic hydroxyl groups is 1. The lowest BCUT2D eigenvalue weighted by atomic mass is 10.2. The fraction of sp³-hybridized carbons (Fsp3) is 0.462. The molecule has 1 aromatic rings. The van der Waals surface area contributed by atoms with Gasteiger partial charge in [0.2, 0.25) is 5.78 Å². The van der Waals surface area contributed by atoms with Gasteiger partial charge in [0.05, 0.1) is 12.0 Å². The van der Waals surface area contributed by atoms with Crippen LogP contribution in [0.1, 0.15) is 5.56 Å². The van der Waals surface area contributed by atoms with E-state index in [1.165, 1.54) is 0 Å². The van der Waals surface area contributed by atoms with Crippen LogP contribution in [0.25, 0.3) is 0 Å². The first-order chi connectivity index (χ1) is 11.3. The smallest absolute Gasteiger partial charge is 0.253 e. The SMILES string of the molecule is O=C(C(Cl)(Cl)Cl)C(Cl)(Cl)Cl.OC(OCc1ccccc1Cl)C(Cl)CCl. The molecule has 25 heavy (non-hydrogen) atoms. The summed E-state index contributed by atoms with van der Waals surface area (Å²) in [6, 6.07) is 7.24. The molecule has 0 aliphatic rings. The summed E-state index contributed by atoms with van der Waals surface area (Å²) in [5.74, 6) is -0.958. The van der Waals surface area contributed by atoms with E-state index in [2.05, 4.69) is 0 Å². The zero-order valence-corrected chi connectivity index (χ0v) is 18.8. The number of alkyl halides is 8. The lowest BCUT2D eigenvalue weighted by Crippen LogP contribution is -2.31. The van der Waals surface area contributed by atoms with Gasteiger partial charge in [0, 0.05) is 10.9 Å². The third kappa shape index (κ3) is 11.1. The second kappa shape index (κ2) is 12.1. The summed E-state index contributed by atoms with van der Waals surface area (Å²) in [4.78, 5) is 10.7. The van der Waals surface area contributed by atoms with E-state index in [1.807, 2.05) is 18.2 Å². The Labute approximate surface area is 190 Å². The van der Waals surface area contributed by atoms with Crippen LogP contribution < -0.4 is 0 Å². The van der Waals surface area contributed by atoms with Gasteiger partial charge in [-0.25, -0.2) is 0 Å². The molecule has 0 aromatic heterocycles. The van der Waals surface area contributed by atoms with Crippen molar-refractivity contribution in [2.75, 3.05) is 5.88 Å². The quantitative estimate of drug-likeness (QED) is 0.356. The summed E-state index contributed by atoms with van der Waals surface area (Å²) in [6.07, 6.45) is -1.08. The Bertz CT molecular complexity index is 526. The topological polar surface area (TPSA) is 46.5 Å². The third-order valence-electron chi connectivity index (χ3n) is 2.34. The molecule has 0 spiro atoms. The molecular weight excluding hydrogens is 523 g/mol. The van der Waals surface area contributed by atoms with Gasteiger partial charge in [-0.05, 0) is 11.6 Å². The van der Waals surface area contributed by atoms with Crippen LogP contribution in [0, 0.1) is 0 Å². The van der Waals surface area contributed by atoms with Gasteiger partial charge in [0.25, 0.3) is 7.59 Å². The second-order valence-corrected chi connectivity index (χ2v) is 10.1. The summed E-state index contributed by atoms with van der Waals surface area (Å²) in [5, 5.41) is 9.37. The molecule has 0 saturated carbocycles. The van der Waals surface area contributed by atoms with Crippen molar-refractivity contribution in [3.63, 3.8) is 0 Å². The maximum atomic E-state index is 10.7. The van der Waals surface area contributed by atoms with Crippen LogP contribution in [0.2, 0.25) is 5.02 Å². The van der Waals surface area contributed by atoms with Crippen molar-refractivity contribution >= 4 is 110 Å². The molecule has 0 saturated heterocycles. The first kappa shape index (κ1) is 26.4. The monoisotopic (exact) mass is 530 g/mol. The minimum atomic E-state index is -2.18. The van der Waals surface area contributed by atoms with Gasteiger partial charge in [-0.3, -0.25) is 4.79 Å². The second-order valence-electron chi connectivity index (χ2n) is 4.29. The van der Waals surface area contributed by atoms with E-state index < -0.39 is 25.0 Å². The minimum absolute atomic E-state index is 0.130. The molecule has 0 amide bonds. The molecule has 3 nitrogen and oxygen atoms in total. The van der Waals surface area contributed by atoms with Gasteiger partial charge in [0.1, 0.15) is 0 Å². The Kier molecular flexibility index (Phi) is 12.8. The van der Waals surface area contributed by atoms with Gasteiger partial charge in [-0.2, -0.15) is 0 Å². The molecule has 1 rings (SSSR count). The highest BCUT2D eigenvalue weighted by molar-refractivity contribution is 6.86. The van der Waals surface area contributed by atoms with Crippen LogP contribution >= 0.6 is 104 Å². The summed E-state index contributed by atoms with van der Waals surface area (Å²) in [7, 11) is 0. The maximum absolute atomic E-state index is 10.7. The number of hydrogen-bond acceptors (Lipinski definition) is 3.